The van der Waals surface area contributed by atoms with Crippen molar-refractivity contribution < 1.29 is 0 Å². The summed E-state index contributed by atoms with van der Waals surface area (Å²) in [5.74, 6) is 4.39. The Kier molecular flexibility index (Phi) is 4.58. The molecule has 20 heavy (non-hydrogen) atoms. The van der Waals surface area contributed by atoms with Crippen LogP contribution in [0.3, 0.4) is 0 Å². The molecule has 2 heterocycles. The average molecular weight is 327 g/mol. The summed E-state index contributed by atoms with van der Waals surface area (Å²) in [6.07, 6.45) is 0. The molecule has 0 amide bonds. The van der Waals surface area contributed by atoms with E-state index in [0.717, 1.165) is 17.0 Å². The van der Waals surface area contributed by atoms with Crippen molar-refractivity contribution in [2.24, 2.45) is 0 Å². The fraction of sp³-hybridized carbons (Fsp3) is 0.429. The first kappa shape index (κ1) is 14.3. The molecule has 106 valence electrons. The number of aromatic nitrogens is 2. The van der Waals surface area contributed by atoms with Crippen LogP contribution in [0.4, 0.5) is 0 Å². The van der Waals surface area contributed by atoms with E-state index in [1.807, 2.05) is 47.8 Å². The first-order chi connectivity index (χ1) is 9.79. The van der Waals surface area contributed by atoms with Gasteiger partial charge in [-0.15, -0.1) is 11.6 Å². The standard InChI is InChI=1S/C14H15ClN2OS2/c15-7-13-16-12-4-2-1-3-11(12)14(18)17(13)8-10-9-19-5-6-20-10/h1-4,10H,5-9H2. The minimum Gasteiger partial charge on any atom is -0.294 e. The van der Waals surface area contributed by atoms with E-state index in [1.165, 1.54) is 5.75 Å². The lowest BCUT2D eigenvalue weighted by molar-refractivity contribution is 0.634. The van der Waals surface area contributed by atoms with Crippen molar-refractivity contribution in [3.8, 4) is 0 Å². The molecule has 1 fully saturated rings. The van der Waals surface area contributed by atoms with Gasteiger partial charge in [0.05, 0.1) is 16.8 Å². The molecule has 0 saturated carbocycles. The van der Waals surface area contributed by atoms with Gasteiger partial charge in [-0.25, -0.2) is 4.98 Å². The van der Waals surface area contributed by atoms with Gasteiger partial charge in [0.1, 0.15) is 5.82 Å². The third-order valence-electron chi connectivity index (χ3n) is 3.33. The highest BCUT2D eigenvalue weighted by Crippen LogP contribution is 2.25. The number of halogens is 1. The lowest BCUT2D eigenvalue weighted by Gasteiger charge is -2.23. The van der Waals surface area contributed by atoms with Crippen molar-refractivity contribution >= 4 is 46.0 Å². The molecule has 1 aliphatic heterocycles. The zero-order chi connectivity index (χ0) is 13.9. The number of para-hydroxylation sites is 1. The van der Waals surface area contributed by atoms with E-state index in [-0.39, 0.29) is 11.4 Å². The Hall–Kier alpha value is -0.650. The second-order valence-electron chi connectivity index (χ2n) is 4.66. The van der Waals surface area contributed by atoms with E-state index >= 15 is 0 Å². The van der Waals surface area contributed by atoms with Gasteiger partial charge >= 0.3 is 0 Å². The van der Waals surface area contributed by atoms with Crippen LogP contribution in [0.25, 0.3) is 10.9 Å². The molecule has 1 saturated heterocycles. The van der Waals surface area contributed by atoms with Crippen LogP contribution in [0.5, 0.6) is 0 Å². The zero-order valence-electron chi connectivity index (χ0n) is 10.9. The predicted octanol–water partition coefficient (Wildman–Crippen LogP) is 2.98. The first-order valence-electron chi connectivity index (χ1n) is 6.53. The highest BCUT2D eigenvalue weighted by Gasteiger charge is 2.18. The van der Waals surface area contributed by atoms with E-state index in [9.17, 15) is 4.79 Å². The number of hydrogen-bond donors (Lipinski definition) is 0. The van der Waals surface area contributed by atoms with Gasteiger partial charge in [0, 0.05) is 29.1 Å². The molecular weight excluding hydrogens is 312 g/mol. The van der Waals surface area contributed by atoms with Crippen LogP contribution in [0.15, 0.2) is 29.1 Å². The Morgan fingerprint density at radius 2 is 2.20 bits per heavy atom. The monoisotopic (exact) mass is 326 g/mol. The molecular formula is C14H15ClN2OS2. The summed E-state index contributed by atoms with van der Waals surface area (Å²) < 4.78 is 1.76. The Morgan fingerprint density at radius 1 is 1.35 bits per heavy atom. The Morgan fingerprint density at radius 3 is 2.95 bits per heavy atom. The number of benzene rings is 1. The summed E-state index contributed by atoms with van der Waals surface area (Å²) in [5, 5.41) is 1.14. The molecule has 1 aliphatic rings. The van der Waals surface area contributed by atoms with E-state index in [0.29, 0.717) is 23.0 Å². The molecule has 3 rings (SSSR count). The highest BCUT2D eigenvalue weighted by molar-refractivity contribution is 8.06. The number of hydrogen-bond acceptors (Lipinski definition) is 4. The van der Waals surface area contributed by atoms with Gasteiger partial charge in [-0.2, -0.15) is 23.5 Å². The van der Waals surface area contributed by atoms with E-state index in [2.05, 4.69) is 4.98 Å². The van der Waals surface area contributed by atoms with Gasteiger partial charge in [-0.3, -0.25) is 9.36 Å². The molecule has 0 spiro atoms. The van der Waals surface area contributed by atoms with Gasteiger partial charge in [0.2, 0.25) is 0 Å². The first-order valence-corrected chi connectivity index (χ1v) is 9.27. The minimum atomic E-state index is 0.0300. The van der Waals surface area contributed by atoms with Crippen LogP contribution in [0.2, 0.25) is 0 Å². The number of nitrogens with zero attached hydrogens (tertiary/aromatic N) is 2. The highest BCUT2D eigenvalue weighted by atomic mass is 35.5. The van der Waals surface area contributed by atoms with Crippen molar-refractivity contribution in [2.75, 3.05) is 17.3 Å². The van der Waals surface area contributed by atoms with Crippen molar-refractivity contribution in [1.29, 1.82) is 0 Å². The quantitative estimate of drug-likeness (QED) is 0.812. The Labute approximate surface area is 131 Å². The summed E-state index contributed by atoms with van der Waals surface area (Å²) in [7, 11) is 0. The summed E-state index contributed by atoms with van der Waals surface area (Å²) in [4.78, 5) is 17.2. The second-order valence-corrected chi connectivity index (χ2v) is 7.49. The maximum atomic E-state index is 12.6. The maximum Gasteiger partial charge on any atom is 0.261 e. The molecule has 0 radical (unpaired) electrons. The number of thioether (sulfide) groups is 2. The molecule has 2 aromatic rings. The van der Waals surface area contributed by atoms with Crippen LogP contribution < -0.4 is 5.56 Å². The maximum absolute atomic E-state index is 12.6. The molecule has 3 nitrogen and oxygen atoms in total. The van der Waals surface area contributed by atoms with Crippen LogP contribution in [0.1, 0.15) is 5.82 Å². The molecule has 6 heteroatoms. The second kappa shape index (κ2) is 6.41. The largest absolute Gasteiger partial charge is 0.294 e. The summed E-state index contributed by atoms with van der Waals surface area (Å²) >= 11 is 9.88. The van der Waals surface area contributed by atoms with Crippen LogP contribution >= 0.6 is 35.1 Å². The third-order valence-corrected chi connectivity index (χ3v) is 6.40. The number of alkyl halides is 1. The average Bonchev–Trinajstić information content (AvgIpc) is 2.51. The van der Waals surface area contributed by atoms with Gasteiger partial charge in [-0.1, -0.05) is 12.1 Å². The zero-order valence-corrected chi connectivity index (χ0v) is 13.3. The fourth-order valence-corrected chi connectivity index (χ4v) is 5.21. The lowest BCUT2D eigenvalue weighted by Crippen LogP contribution is -2.31. The van der Waals surface area contributed by atoms with E-state index in [1.54, 1.807) is 4.57 Å². The van der Waals surface area contributed by atoms with Crippen molar-refractivity contribution in [3.63, 3.8) is 0 Å². The molecule has 1 aromatic carbocycles. The van der Waals surface area contributed by atoms with E-state index in [4.69, 9.17) is 11.6 Å². The van der Waals surface area contributed by atoms with Gasteiger partial charge in [-0.05, 0) is 12.1 Å². The summed E-state index contributed by atoms with van der Waals surface area (Å²) in [6, 6.07) is 7.47. The third kappa shape index (κ3) is 2.85. The fourth-order valence-electron chi connectivity index (χ4n) is 2.35. The Bertz CT molecular complexity index is 668. The molecule has 0 aliphatic carbocycles. The molecule has 0 N–H and O–H groups in total. The minimum absolute atomic E-state index is 0.0300. The SMILES string of the molecule is O=c1c2ccccc2nc(CCl)n1CC1CSCCS1. The number of fused-ring (bicyclic) bond motifs is 1. The normalized spacial score (nSPS) is 19.4. The topological polar surface area (TPSA) is 34.9 Å². The molecule has 1 atom stereocenters. The van der Waals surface area contributed by atoms with Gasteiger partial charge in [0.25, 0.3) is 5.56 Å². The van der Waals surface area contributed by atoms with Crippen molar-refractivity contribution in [1.82, 2.24) is 9.55 Å². The van der Waals surface area contributed by atoms with Crippen LogP contribution in [-0.4, -0.2) is 32.1 Å². The smallest absolute Gasteiger partial charge is 0.261 e. The van der Waals surface area contributed by atoms with Crippen molar-refractivity contribution in [2.45, 2.75) is 17.7 Å². The van der Waals surface area contributed by atoms with Gasteiger partial charge < -0.3 is 0 Å². The molecule has 1 unspecified atom stereocenters. The van der Waals surface area contributed by atoms with Gasteiger partial charge in [0.15, 0.2) is 0 Å². The summed E-state index contributed by atoms with van der Waals surface area (Å²) in [5.41, 5.74) is 0.762. The molecule has 1 aromatic heterocycles. The lowest BCUT2D eigenvalue weighted by atomic mass is 10.2. The van der Waals surface area contributed by atoms with Crippen molar-refractivity contribution in [3.05, 3.63) is 40.4 Å². The van der Waals surface area contributed by atoms with Crippen LogP contribution in [-0.2, 0) is 12.4 Å². The van der Waals surface area contributed by atoms with Crippen LogP contribution in [0, 0.1) is 0 Å². The Balaban J connectivity index is 2.03. The predicted molar refractivity (Wildman–Crippen MR) is 89.1 cm³/mol. The van der Waals surface area contributed by atoms with E-state index < -0.39 is 0 Å². The number of rotatable bonds is 3. The summed E-state index contributed by atoms with van der Waals surface area (Å²) in [6.45, 7) is 0.705. The molecule has 0 bridgehead atoms.